The molecule has 0 spiro atoms. The fourth-order valence-corrected chi connectivity index (χ4v) is 3.18. The molecule has 0 atom stereocenters. The van der Waals surface area contributed by atoms with Crippen LogP contribution in [-0.2, 0) is 17.8 Å². The number of rotatable bonds is 5. The van der Waals surface area contributed by atoms with E-state index in [1.807, 2.05) is 0 Å². The first-order valence-electron chi connectivity index (χ1n) is 7.89. The number of hydrogen-bond donors (Lipinski definition) is 1. The molecule has 2 rings (SSSR count). The Morgan fingerprint density at radius 2 is 1.67 bits per heavy atom. The highest BCUT2D eigenvalue weighted by molar-refractivity contribution is 5.08. The first-order chi connectivity index (χ1) is 9.65. The Balaban J connectivity index is 1.95. The van der Waals surface area contributed by atoms with E-state index in [1.54, 1.807) is 0 Å². The molecule has 4 heteroatoms. The third-order valence-corrected chi connectivity index (χ3v) is 3.54. The maximum atomic E-state index is 6.12. The molecule has 0 radical (unpaired) electrons. The van der Waals surface area contributed by atoms with Crippen LogP contribution in [0.15, 0.2) is 16.5 Å². The maximum Gasteiger partial charge on any atom is 0.118 e. The highest BCUT2D eigenvalue weighted by atomic mass is 16.5. The summed E-state index contributed by atoms with van der Waals surface area (Å²) in [6.45, 7) is 16.4. The van der Waals surface area contributed by atoms with Crippen molar-refractivity contribution in [2.45, 2.75) is 71.9 Å². The molecule has 0 bridgehead atoms. The van der Waals surface area contributed by atoms with Crippen LogP contribution in [0.4, 0.5) is 0 Å². The van der Waals surface area contributed by atoms with Gasteiger partial charge in [0.15, 0.2) is 0 Å². The predicted molar refractivity (Wildman–Crippen MR) is 85.2 cm³/mol. The quantitative estimate of drug-likeness (QED) is 0.905. The highest BCUT2D eigenvalue weighted by Crippen LogP contribution is 2.29. The number of nitrogens with zero attached hydrogens (tertiary/aromatic N) is 1. The van der Waals surface area contributed by atoms with Gasteiger partial charge in [-0.3, -0.25) is 4.90 Å². The summed E-state index contributed by atoms with van der Waals surface area (Å²) in [5, 5.41) is 3.38. The normalized spacial score (nSPS) is 21.9. The lowest BCUT2D eigenvalue weighted by Crippen LogP contribution is -2.56. The van der Waals surface area contributed by atoms with Gasteiger partial charge in [0, 0.05) is 19.1 Å². The Labute approximate surface area is 128 Å². The molecule has 1 aromatic rings. The Hall–Kier alpha value is -0.840. The molecule has 1 saturated heterocycles. The molecule has 0 amide bonds. The first kappa shape index (κ1) is 16.5. The monoisotopic (exact) mass is 294 g/mol. The maximum absolute atomic E-state index is 6.12. The molecule has 2 heterocycles. The summed E-state index contributed by atoms with van der Waals surface area (Å²) in [7, 11) is 0. The van der Waals surface area contributed by atoms with E-state index in [4.69, 9.17) is 9.15 Å². The Morgan fingerprint density at radius 3 is 2.24 bits per heavy atom. The van der Waals surface area contributed by atoms with Crippen LogP contribution in [0.25, 0.3) is 0 Å². The number of furan rings is 1. The number of morpholine rings is 1. The molecule has 0 aromatic carbocycles. The molecule has 0 unspecified atom stereocenters. The minimum Gasteiger partial charge on any atom is -0.463 e. The molecule has 1 aromatic heterocycles. The van der Waals surface area contributed by atoms with Crippen molar-refractivity contribution >= 4 is 0 Å². The molecule has 21 heavy (non-hydrogen) atoms. The van der Waals surface area contributed by atoms with Crippen molar-refractivity contribution in [3.05, 3.63) is 23.7 Å². The van der Waals surface area contributed by atoms with Gasteiger partial charge in [0.25, 0.3) is 0 Å². The van der Waals surface area contributed by atoms with Crippen LogP contribution in [-0.4, -0.2) is 35.2 Å². The Morgan fingerprint density at radius 1 is 1.10 bits per heavy atom. The van der Waals surface area contributed by atoms with Crippen molar-refractivity contribution in [2.24, 2.45) is 0 Å². The van der Waals surface area contributed by atoms with E-state index in [9.17, 15) is 0 Å². The van der Waals surface area contributed by atoms with Gasteiger partial charge in [-0.1, -0.05) is 13.8 Å². The summed E-state index contributed by atoms with van der Waals surface area (Å²) in [5.74, 6) is 2.04. The number of nitrogens with one attached hydrogen (secondary N) is 1. The second-order valence-electron chi connectivity index (χ2n) is 7.67. The fraction of sp³-hybridized carbons (Fsp3) is 0.765. The second kappa shape index (κ2) is 6.11. The number of hydrogen-bond acceptors (Lipinski definition) is 4. The van der Waals surface area contributed by atoms with Gasteiger partial charge >= 0.3 is 0 Å². The van der Waals surface area contributed by atoms with E-state index >= 15 is 0 Å². The first-order valence-corrected chi connectivity index (χ1v) is 7.89. The average molecular weight is 294 g/mol. The Kier molecular flexibility index (Phi) is 4.81. The zero-order valence-electron chi connectivity index (χ0n) is 14.3. The number of ether oxygens (including phenoxy) is 1. The summed E-state index contributed by atoms with van der Waals surface area (Å²) >= 11 is 0. The second-order valence-corrected chi connectivity index (χ2v) is 7.67. The van der Waals surface area contributed by atoms with Crippen LogP contribution < -0.4 is 5.32 Å². The van der Waals surface area contributed by atoms with Crippen LogP contribution in [0.1, 0.15) is 53.1 Å². The van der Waals surface area contributed by atoms with Gasteiger partial charge in [-0.05, 0) is 39.8 Å². The van der Waals surface area contributed by atoms with Crippen LogP contribution in [0.3, 0.4) is 0 Å². The highest BCUT2D eigenvalue weighted by Gasteiger charge is 2.38. The molecular weight excluding hydrogens is 264 g/mol. The van der Waals surface area contributed by atoms with Gasteiger partial charge in [0.05, 0.1) is 24.3 Å². The van der Waals surface area contributed by atoms with Crippen LogP contribution in [0.5, 0.6) is 0 Å². The van der Waals surface area contributed by atoms with Gasteiger partial charge in [-0.25, -0.2) is 0 Å². The van der Waals surface area contributed by atoms with Crippen molar-refractivity contribution in [1.82, 2.24) is 10.2 Å². The molecule has 1 N–H and O–H groups in total. The van der Waals surface area contributed by atoms with E-state index in [-0.39, 0.29) is 11.2 Å². The predicted octanol–water partition coefficient (Wildman–Crippen LogP) is 3.17. The molecule has 1 aliphatic rings. The fourth-order valence-electron chi connectivity index (χ4n) is 3.18. The van der Waals surface area contributed by atoms with Crippen molar-refractivity contribution in [3.63, 3.8) is 0 Å². The molecule has 1 aliphatic heterocycles. The average Bonchev–Trinajstić information content (AvgIpc) is 2.69. The van der Waals surface area contributed by atoms with Gasteiger partial charge in [-0.2, -0.15) is 0 Å². The zero-order chi connectivity index (χ0) is 15.7. The molecule has 0 aliphatic carbocycles. The third-order valence-electron chi connectivity index (χ3n) is 3.54. The summed E-state index contributed by atoms with van der Waals surface area (Å²) in [6.07, 6.45) is 0. The van der Waals surface area contributed by atoms with E-state index in [1.165, 1.54) is 0 Å². The van der Waals surface area contributed by atoms with Crippen molar-refractivity contribution in [1.29, 1.82) is 0 Å². The lowest BCUT2D eigenvalue weighted by Gasteiger charge is -2.47. The van der Waals surface area contributed by atoms with Gasteiger partial charge < -0.3 is 14.5 Å². The minimum atomic E-state index is -0.115. The lowest BCUT2D eigenvalue weighted by molar-refractivity contribution is -0.182. The van der Waals surface area contributed by atoms with E-state index in [0.717, 1.165) is 37.7 Å². The zero-order valence-corrected chi connectivity index (χ0v) is 14.3. The van der Waals surface area contributed by atoms with Crippen LogP contribution in [0.2, 0.25) is 0 Å². The van der Waals surface area contributed by atoms with E-state index in [0.29, 0.717) is 6.04 Å². The lowest BCUT2D eigenvalue weighted by atomic mass is 9.99. The molecule has 0 saturated carbocycles. The summed E-state index contributed by atoms with van der Waals surface area (Å²) < 4.78 is 12.0. The van der Waals surface area contributed by atoms with Gasteiger partial charge in [0.1, 0.15) is 11.5 Å². The SMILES string of the molecule is CC(C)NCc1ccc(CN2CC(C)(C)OC(C)(C)C2)o1. The van der Waals surface area contributed by atoms with Crippen LogP contribution >= 0.6 is 0 Å². The Bertz CT molecular complexity index is 447. The van der Waals surface area contributed by atoms with E-state index in [2.05, 4.69) is 63.9 Å². The van der Waals surface area contributed by atoms with Gasteiger partial charge in [0.2, 0.25) is 0 Å². The topological polar surface area (TPSA) is 37.6 Å². The molecule has 120 valence electrons. The summed E-state index contributed by atoms with van der Waals surface area (Å²) in [5.41, 5.74) is -0.229. The van der Waals surface area contributed by atoms with Crippen molar-refractivity contribution in [3.8, 4) is 0 Å². The molecule has 4 nitrogen and oxygen atoms in total. The van der Waals surface area contributed by atoms with Crippen molar-refractivity contribution < 1.29 is 9.15 Å². The van der Waals surface area contributed by atoms with Crippen LogP contribution in [0, 0.1) is 0 Å². The standard InChI is InChI=1S/C17H30N2O2/c1-13(2)18-9-14-7-8-15(20-14)10-19-11-16(3,4)21-17(5,6)12-19/h7-8,13,18H,9-12H2,1-6H3. The minimum absolute atomic E-state index is 0.115. The third kappa shape index (κ3) is 5.13. The van der Waals surface area contributed by atoms with Crippen molar-refractivity contribution in [2.75, 3.05) is 13.1 Å². The molecule has 1 fully saturated rings. The smallest absolute Gasteiger partial charge is 0.118 e. The van der Waals surface area contributed by atoms with E-state index < -0.39 is 0 Å². The largest absolute Gasteiger partial charge is 0.463 e. The molecular formula is C17H30N2O2. The summed E-state index contributed by atoms with van der Waals surface area (Å²) in [4.78, 5) is 2.42. The summed E-state index contributed by atoms with van der Waals surface area (Å²) in [6, 6.07) is 4.63. The van der Waals surface area contributed by atoms with Gasteiger partial charge in [-0.15, -0.1) is 0 Å².